The fourth-order valence-electron chi connectivity index (χ4n) is 9.84. The van der Waals surface area contributed by atoms with E-state index in [9.17, 15) is 19.8 Å². The van der Waals surface area contributed by atoms with Gasteiger partial charge in [0.25, 0.3) is 0 Å². The average Bonchev–Trinajstić information content (AvgIpc) is 3.16. The molecule has 360 valence electrons. The van der Waals surface area contributed by atoms with Crippen molar-refractivity contribution in [2.45, 2.75) is 218 Å². The molecule has 3 aliphatic heterocycles. The van der Waals surface area contributed by atoms with E-state index in [0.29, 0.717) is 6.42 Å². The van der Waals surface area contributed by atoms with Gasteiger partial charge in [0, 0.05) is 37.3 Å². The zero-order valence-corrected chi connectivity index (χ0v) is 43.6. The van der Waals surface area contributed by atoms with Crippen LogP contribution < -0.4 is 0 Å². The average molecular weight is 916 g/mol. The molecule has 3 heterocycles. The van der Waals surface area contributed by atoms with Crippen molar-refractivity contribution in [3.8, 4) is 12.3 Å². The third-order valence-electron chi connectivity index (χ3n) is 13.2. The van der Waals surface area contributed by atoms with Gasteiger partial charge in [0.1, 0.15) is 30.2 Å². The van der Waals surface area contributed by atoms with Crippen molar-refractivity contribution in [2.24, 2.45) is 23.7 Å². The van der Waals surface area contributed by atoms with Crippen molar-refractivity contribution >= 4 is 28.4 Å². The third kappa shape index (κ3) is 13.4. The Kier molecular flexibility index (Phi) is 19.1. The highest BCUT2D eigenvalue weighted by atomic mass is 28.4. The van der Waals surface area contributed by atoms with Gasteiger partial charge in [0.05, 0.1) is 53.7 Å². The molecule has 4 unspecified atom stereocenters. The van der Waals surface area contributed by atoms with Crippen LogP contribution in [0.1, 0.15) is 94.9 Å². The summed E-state index contributed by atoms with van der Waals surface area (Å²) in [7, 11) is 1.42. The molecule has 3 rings (SSSR count). The zero-order valence-electron chi connectivity index (χ0n) is 41.6. The number of ether oxygens (including phenoxy) is 7. The van der Waals surface area contributed by atoms with Gasteiger partial charge in [-0.25, -0.2) is 0 Å². The maximum atomic E-state index is 14.6. The number of hydrogen-bond acceptors (Lipinski definition) is 14. The number of terminal acetylenes is 1. The summed E-state index contributed by atoms with van der Waals surface area (Å²) in [6, 6.07) is -0.0695. The first-order valence-electron chi connectivity index (χ1n) is 22.8. The summed E-state index contributed by atoms with van der Waals surface area (Å²) in [5.74, 6) is -1.84. The van der Waals surface area contributed by atoms with Crippen LogP contribution in [0.3, 0.4) is 0 Å². The van der Waals surface area contributed by atoms with Crippen LogP contribution in [0, 0.1) is 36.0 Å². The standard InChI is InChI=1S/C46H85NO13Si2/c1-21-23-53-45(10)25-27(3)36(48)29(5)39(49)46(11,51)34(22-2)56-42(50)31(7)37(57-35-26-44(9,52-14)41(32(8)55-35)60-62(18,19)20)30(6)40(45)58-43-38(59-61(15,16)17)33(47(12)13)24-28(4)54-43/h1,27-35,37-41,43,49,51H,22-26H2,2-20H3/t27-,28-,29+,30+,31-,32?,33+,34-,35?,37+,38-,39-,40-,41?,43+,44?,45-,46-/m1/s1. The van der Waals surface area contributed by atoms with Crippen molar-refractivity contribution in [1.29, 1.82) is 0 Å². The van der Waals surface area contributed by atoms with Crippen molar-refractivity contribution in [2.75, 3.05) is 27.8 Å². The summed E-state index contributed by atoms with van der Waals surface area (Å²) in [6.07, 6.45) is -0.910. The van der Waals surface area contributed by atoms with Crippen LogP contribution in [-0.4, -0.2) is 156 Å². The SMILES string of the molecule is C#CCO[C@]1(C)C[C@@H](C)C(=O)[C@H](C)[C@@H](O)[C@](C)(O)[C@@H](CC)OC(=O)[C@H](C)[C@@H](OC2CC(C)(OC)C(O[Si](C)(C)C)C(C)O2)[C@H](C)[C@H]1O[C@@H]1O[C@H](C)C[C@H](N(C)C)[C@H]1O[Si](C)(C)C. The quantitative estimate of drug-likeness (QED) is 0.123. The largest absolute Gasteiger partial charge is 0.459 e. The van der Waals surface area contributed by atoms with Crippen LogP contribution >= 0.6 is 0 Å². The summed E-state index contributed by atoms with van der Waals surface area (Å²) in [5, 5.41) is 23.5. The number of nitrogens with zero attached hydrogens (tertiary/aromatic N) is 1. The topological polar surface area (TPSA) is 161 Å². The molecule has 0 aliphatic carbocycles. The molecule has 0 amide bonds. The molecule has 3 aliphatic rings. The Bertz CT molecular complexity index is 1510. The van der Waals surface area contributed by atoms with E-state index in [1.54, 1.807) is 34.8 Å². The number of aliphatic hydroxyl groups excluding tert-OH is 1. The monoisotopic (exact) mass is 916 g/mol. The van der Waals surface area contributed by atoms with Crippen LogP contribution in [-0.2, 0) is 51.6 Å². The molecule has 0 aromatic rings. The van der Waals surface area contributed by atoms with Crippen molar-refractivity contribution < 1.29 is 61.8 Å². The lowest BCUT2D eigenvalue weighted by Gasteiger charge is -2.51. The highest BCUT2D eigenvalue weighted by Gasteiger charge is 2.55. The van der Waals surface area contributed by atoms with E-state index in [1.807, 2.05) is 48.7 Å². The second-order valence-electron chi connectivity index (χ2n) is 21.3. The number of cyclic esters (lactones) is 1. The van der Waals surface area contributed by atoms with E-state index < -0.39 is 118 Å². The number of esters is 1. The van der Waals surface area contributed by atoms with Gasteiger partial charge in [0.2, 0.25) is 0 Å². The van der Waals surface area contributed by atoms with Gasteiger partial charge in [0.15, 0.2) is 29.2 Å². The van der Waals surface area contributed by atoms with Gasteiger partial charge in [-0.05, 0) is 114 Å². The molecule has 62 heavy (non-hydrogen) atoms. The van der Waals surface area contributed by atoms with Gasteiger partial charge in [-0.3, -0.25) is 9.59 Å². The first-order valence-corrected chi connectivity index (χ1v) is 29.6. The summed E-state index contributed by atoms with van der Waals surface area (Å²) < 4.78 is 60.3. The summed E-state index contributed by atoms with van der Waals surface area (Å²) in [6.45, 7) is 30.5. The highest BCUT2D eigenvalue weighted by Crippen LogP contribution is 2.43. The number of ketones is 1. The number of rotatable bonds is 13. The molecule has 2 N–H and O–H groups in total. The van der Waals surface area contributed by atoms with Crippen LogP contribution in [0.5, 0.6) is 0 Å². The van der Waals surface area contributed by atoms with E-state index >= 15 is 0 Å². The maximum Gasteiger partial charge on any atom is 0.311 e. The summed E-state index contributed by atoms with van der Waals surface area (Å²) in [4.78, 5) is 31.1. The zero-order chi connectivity index (χ0) is 47.5. The van der Waals surface area contributed by atoms with Crippen molar-refractivity contribution in [3.05, 3.63) is 0 Å². The highest BCUT2D eigenvalue weighted by molar-refractivity contribution is 6.70. The number of carbonyl (C=O) groups excluding carboxylic acids is 2. The van der Waals surface area contributed by atoms with Crippen LogP contribution in [0.25, 0.3) is 0 Å². The molecule has 16 heteroatoms. The minimum absolute atomic E-state index is 0.0695. The Morgan fingerprint density at radius 1 is 0.855 bits per heavy atom. The van der Waals surface area contributed by atoms with E-state index in [1.165, 1.54) is 6.92 Å². The minimum atomic E-state index is -2.21. The smallest absolute Gasteiger partial charge is 0.311 e. The summed E-state index contributed by atoms with van der Waals surface area (Å²) in [5.41, 5.74) is -4.12. The van der Waals surface area contributed by atoms with Crippen LogP contribution in [0.15, 0.2) is 0 Å². The number of likely N-dealkylation sites (N-methyl/N-ethyl adjacent to an activating group) is 1. The molecule has 0 bridgehead atoms. The normalized spacial score (nSPS) is 43.5. The molecular weight excluding hydrogens is 831 g/mol. The Hall–Kier alpha value is -1.31. The van der Waals surface area contributed by atoms with Gasteiger partial charge in [-0.1, -0.05) is 33.6 Å². The molecule has 18 atom stereocenters. The molecule has 0 aromatic heterocycles. The fourth-order valence-corrected chi connectivity index (χ4v) is 12.1. The molecule has 3 fully saturated rings. The van der Waals surface area contributed by atoms with Gasteiger partial charge < -0.3 is 57.1 Å². The number of aliphatic hydroxyl groups is 2. The second-order valence-corrected chi connectivity index (χ2v) is 30.3. The van der Waals surface area contributed by atoms with E-state index in [2.05, 4.69) is 50.1 Å². The molecule has 0 aromatic carbocycles. The Balaban J connectivity index is 2.35. The molecule has 0 radical (unpaired) electrons. The predicted molar refractivity (Wildman–Crippen MR) is 243 cm³/mol. The summed E-state index contributed by atoms with van der Waals surface area (Å²) >= 11 is 0. The lowest BCUT2D eigenvalue weighted by Crippen LogP contribution is -2.63. The Morgan fingerprint density at radius 2 is 1.45 bits per heavy atom. The van der Waals surface area contributed by atoms with E-state index in [0.717, 1.165) is 0 Å². The first kappa shape index (κ1) is 55.0. The molecule has 3 saturated heterocycles. The van der Waals surface area contributed by atoms with Gasteiger partial charge in [-0.15, -0.1) is 6.42 Å². The first-order chi connectivity index (χ1) is 28.4. The van der Waals surface area contributed by atoms with E-state index in [4.69, 9.17) is 48.4 Å². The van der Waals surface area contributed by atoms with E-state index in [-0.39, 0.29) is 43.8 Å². The lowest BCUT2D eigenvalue weighted by atomic mass is 9.73. The fraction of sp³-hybridized carbons (Fsp3) is 0.913. The van der Waals surface area contributed by atoms with Crippen molar-refractivity contribution in [1.82, 2.24) is 4.90 Å². The molecule has 14 nitrogen and oxygen atoms in total. The van der Waals surface area contributed by atoms with Crippen molar-refractivity contribution in [3.63, 3.8) is 0 Å². The number of methoxy groups -OCH3 is 1. The number of carbonyl (C=O) groups is 2. The molecular formula is C46H85NO13Si2. The number of Topliss-reactive ketones (excluding diaryl/α,β-unsaturated/α-hetero) is 1. The third-order valence-corrected chi connectivity index (χ3v) is 15.1. The Labute approximate surface area is 376 Å². The van der Waals surface area contributed by atoms with Crippen LogP contribution in [0.4, 0.5) is 0 Å². The van der Waals surface area contributed by atoms with Gasteiger partial charge in [-0.2, -0.15) is 0 Å². The predicted octanol–water partition coefficient (Wildman–Crippen LogP) is 6.16. The molecule has 0 saturated carbocycles. The Morgan fingerprint density at radius 3 is 1.97 bits per heavy atom. The second kappa shape index (κ2) is 21.5. The van der Waals surface area contributed by atoms with Gasteiger partial charge >= 0.3 is 5.97 Å². The minimum Gasteiger partial charge on any atom is -0.459 e. The van der Waals surface area contributed by atoms with Crippen LogP contribution in [0.2, 0.25) is 39.3 Å². The molecule has 0 spiro atoms. The maximum absolute atomic E-state index is 14.6. The lowest BCUT2D eigenvalue weighted by molar-refractivity contribution is -0.317. The number of hydrogen-bond donors (Lipinski definition) is 2.